The molecule has 3 rings (SSSR count). The summed E-state index contributed by atoms with van der Waals surface area (Å²) in [4.78, 5) is 11.7. The molecule has 0 aromatic carbocycles. The maximum absolute atomic E-state index is 11.9. The van der Waals surface area contributed by atoms with E-state index in [9.17, 15) is 4.79 Å². The Bertz CT molecular complexity index is 273. The molecule has 78 valence electrons. The molecule has 1 heterocycles. The number of fused-ring (bicyclic) bond motifs is 3. The van der Waals surface area contributed by atoms with Gasteiger partial charge in [0.1, 0.15) is 4.83 Å². The first-order chi connectivity index (χ1) is 6.74. The van der Waals surface area contributed by atoms with Gasteiger partial charge in [0.25, 0.3) is 0 Å². The van der Waals surface area contributed by atoms with Gasteiger partial charge in [-0.3, -0.25) is 4.79 Å². The fourth-order valence-corrected chi connectivity index (χ4v) is 4.06. The maximum atomic E-state index is 11.9. The van der Waals surface area contributed by atoms with Crippen molar-refractivity contribution in [1.29, 1.82) is 0 Å². The van der Waals surface area contributed by atoms with E-state index in [0.29, 0.717) is 19.1 Å². The molecule has 1 saturated heterocycles. The monoisotopic (exact) mass is 260 g/mol. The lowest BCUT2D eigenvalue weighted by molar-refractivity contribution is -0.201. The first-order valence-corrected chi connectivity index (χ1v) is 6.11. The van der Waals surface area contributed by atoms with Crippen LogP contribution in [0.1, 0.15) is 19.3 Å². The van der Waals surface area contributed by atoms with E-state index in [0.717, 1.165) is 19.3 Å². The zero-order chi connectivity index (χ0) is 9.76. The van der Waals surface area contributed by atoms with E-state index in [1.54, 1.807) is 0 Å². The number of ketones is 1. The second-order valence-corrected chi connectivity index (χ2v) is 5.31. The smallest absolute Gasteiger partial charge is 0.190 e. The first kappa shape index (κ1) is 9.31. The lowest BCUT2D eigenvalue weighted by Gasteiger charge is -2.40. The topological polar surface area (TPSA) is 35.5 Å². The third-order valence-corrected chi connectivity index (χ3v) is 4.84. The lowest BCUT2D eigenvalue weighted by atomic mass is 9.82. The van der Waals surface area contributed by atoms with Crippen LogP contribution in [0.15, 0.2) is 0 Å². The average Bonchev–Trinajstić information content (AvgIpc) is 2.81. The second kappa shape index (κ2) is 3.03. The molecule has 3 nitrogen and oxygen atoms in total. The molecule has 14 heavy (non-hydrogen) atoms. The van der Waals surface area contributed by atoms with Crippen LogP contribution >= 0.6 is 15.9 Å². The molecule has 3 aliphatic rings. The van der Waals surface area contributed by atoms with E-state index in [4.69, 9.17) is 9.47 Å². The van der Waals surface area contributed by atoms with Crippen LogP contribution in [-0.4, -0.2) is 29.6 Å². The second-order valence-electron chi connectivity index (χ2n) is 4.39. The van der Waals surface area contributed by atoms with Crippen molar-refractivity contribution in [1.82, 2.24) is 0 Å². The van der Waals surface area contributed by atoms with Crippen LogP contribution in [0.25, 0.3) is 0 Å². The Hall–Kier alpha value is 0.0700. The number of carbonyl (C=O) groups excluding carboxylic acids is 1. The summed E-state index contributed by atoms with van der Waals surface area (Å²) in [5.41, 5.74) is 0. The number of hydrogen-bond acceptors (Lipinski definition) is 3. The number of rotatable bonds is 0. The fraction of sp³-hybridized carbons (Fsp3) is 0.900. The molecule has 0 radical (unpaired) electrons. The normalized spacial score (nSPS) is 44.9. The Balaban J connectivity index is 1.98. The highest BCUT2D eigenvalue weighted by Crippen LogP contribution is 2.51. The number of hydrogen-bond donors (Lipinski definition) is 0. The third-order valence-electron chi connectivity index (χ3n) is 3.75. The van der Waals surface area contributed by atoms with Crippen molar-refractivity contribution in [2.75, 3.05) is 13.2 Å². The van der Waals surface area contributed by atoms with Crippen molar-refractivity contribution in [3.8, 4) is 0 Å². The molecule has 2 aliphatic carbocycles. The van der Waals surface area contributed by atoms with E-state index in [2.05, 4.69) is 15.9 Å². The minimum Gasteiger partial charge on any atom is -0.346 e. The van der Waals surface area contributed by atoms with Gasteiger partial charge in [0.05, 0.1) is 13.2 Å². The Morgan fingerprint density at radius 2 is 2.00 bits per heavy atom. The van der Waals surface area contributed by atoms with Crippen LogP contribution in [0.3, 0.4) is 0 Å². The molecule has 1 aliphatic heterocycles. The molecule has 3 atom stereocenters. The van der Waals surface area contributed by atoms with Crippen molar-refractivity contribution >= 4 is 21.7 Å². The molecule has 2 saturated carbocycles. The highest BCUT2D eigenvalue weighted by atomic mass is 79.9. The highest BCUT2D eigenvalue weighted by Gasteiger charge is 2.60. The number of Topliss-reactive ketones (excluding diaryl/α,β-unsaturated/α-hetero) is 1. The summed E-state index contributed by atoms with van der Waals surface area (Å²) in [5, 5.41) is 0. The third kappa shape index (κ3) is 1.02. The quantitative estimate of drug-likeness (QED) is 0.620. The van der Waals surface area contributed by atoms with Gasteiger partial charge in [-0.25, -0.2) is 0 Å². The number of ether oxygens (including phenoxy) is 2. The molecule has 0 aromatic heterocycles. The Labute approximate surface area is 91.3 Å². The van der Waals surface area contributed by atoms with E-state index in [1.807, 2.05) is 0 Å². The molecule has 1 spiro atoms. The van der Waals surface area contributed by atoms with Crippen LogP contribution in [0.2, 0.25) is 0 Å². The van der Waals surface area contributed by atoms with Crippen LogP contribution in [0.5, 0.6) is 0 Å². The summed E-state index contributed by atoms with van der Waals surface area (Å²) in [5.74, 6) is 0.324. The van der Waals surface area contributed by atoms with Gasteiger partial charge < -0.3 is 9.47 Å². The minimum absolute atomic E-state index is 0.247. The predicted molar refractivity (Wildman–Crippen MR) is 53.2 cm³/mol. The number of alkyl halides is 1. The molecule has 4 heteroatoms. The minimum atomic E-state index is -0.621. The Morgan fingerprint density at radius 3 is 2.71 bits per heavy atom. The van der Waals surface area contributed by atoms with Crippen molar-refractivity contribution < 1.29 is 14.3 Å². The number of halogens is 1. The molecule has 2 bridgehead atoms. The van der Waals surface area contributed by atoms with Gasteiger partial charge in [-0.2, -0.15) is 0 Å². The van der Waals surface area contributed by atoms with Crippen LogP contribution in [0, 0.1) is 11.8 Å². The fourth-order valence-electron chi connectivity index (χ4n) is 3.04. The van der Waals surface area contributed by atoms with Gasteiger partial charge >= 0.3 is 0 Å². The van der Waals surface area contributed by atoms with Gasteiger partial charge in [-0.1, -0.05) is 15.9 Å². The predicted octanol–water partition coefficient (Wildman–Crippen LogP) is 1.49. The van der Waals surface area contributed by atoms with Crippen LogP contribution in [-0.2, 0) is 14.3 Å². The molecule has 3 fully saturated rings. The maximum Gasteiger partial charge on any atom is 0.190 e. The van der Waals surface area contributed by atoms with Gasteiger partial charge in [-0.15, -0.1) is 0 Å². The van der Waals surface area contributed by atoms with Crippen LogP contribution in [0.4, 0.5) is 0 Å². The van der Waals surface area contributed by atoms with E-state index in [-0.39, 0.29) is 16.5 Å². The van der Waals surface area contributed by atoms with Crippen LogP contribution < -0.4 is 0 Å². The zero-order valence-electron chi connectivity index (χ0n) is 7.87. The molecular formula is C10H13BrO3. The summed E-state index contributed by atoms with van der Waals surface area (Å²) in [6.07, 6.45) is 3.04. The average molecular weight is 261 g/mol. The summed E-state index contributed by atoms with van der Waals surface area (Å²) < 4.78 is 11.4. The van der Waals surface area contributed by atoms with Gasteiger partial charge in [0.2, 0.25) is 0 Å². The Kier molecular flexibility index (Phi) is 2.01. The molecule has 0 amide bonds. The first-order valence-electron chi connectivity index (χ1n) is 5.20. The van der Waals surface area contributed by atoms with E-state index >= 15 is 0 Å². The van der Waals surface area contributed by atoms with Gasteiger partial charge in [0, 0.05) is 11.8 Å². The Morgan fingerprint density at radius 1 is 1.29 bits per heavy atom. The lowest BCUT2D eigenvalue weighted by Crippen LogP contribution is -2.53. The molecule has 3 unspecified atom stereocenters. The molecule has 0 N–H and O–H groups in total. The summed E-state index contributed by atoms with van der Waals surface area (Å²) in [6.45, 7) is 1.24. The highest BCUT2D eigenvalue weighted by molar-refractivity contribution is 9.10. The van der Waals surface area contributed by atoms with Gasteiger partial charge in [-0.05, 0) is 19.3 Å². The zero-order valence-corrected chi connectivity index (χ0v) is 9.46. The largest absolute Gasteiger partial charge is 0.346 e. The van der Waals surface area contributed by atoms with Crippen molar-refractivity contribution in [3.05, 3.63) is 0 Å². The van der Waals surface area contributed by atoms with E-state index < -0.39 is 5.79 Å². The van der Waals surface area contributed by atoms with Crippen molar-refractivity contribution in [2.45, 2.75) is 29.9 Å². The van der Waals surface area contributed by atoms with Crippen molar-refractivity contribution in [2.24, 2.45) is 11.8 Å². The number of carbonyl (C=O) groups is 1. The summed E-state index contributed by atoms with van der Waals surface area (Å²) in [7, 11) is 0. The van der Waals surface area contributed by atoms with Gasteiger partial charge in [0.15, 0.2) is 11.6 Å². The molecule has 0 aromatic rings. The summed E-state index contributed by atoms with van der Waals surface area (Å²) in [6, 6.07) is 0. The summed E-state index contributed by atoms with van der Waals surface area (Å²) >= 11 is 3.46. The molecular weight excluding hydrogens is 248 g/mol. The van der Waals surface area contributed by atoms with Crippen molar-refractivity contribution in [3.63, 3.8) is 0 Å². The standard InChI is InChI=1S/C10H13BrO3/c11-9-8(12)6-1-2-7(5-6)10(9)13-3-4-14-10/h6-7,9H,1-5H2. The van der Waals surface area contributed by atoms with E-state index in [1.165, 1.54) is 0 Å². The SMILES string of the molecule is O=C1C2CCC(C2)C2(OCCO2)C1Br.